The summed E-state index contributed by atoms with van der Waals surface area (Å²) in [4.78, 5) is 24.3. The highest BCUT2D eigenvalue weighted by Crippen LogP contribution is 2.32. The molecule has 4 heterocycles. The van der Waals surface area contributed by atoms with E-state index in [1.165, 1.54) is 0 Å². The first-order valence-electron chi connectivity index (χ1n) is 9.06. The fraction of sp³-hybridized carbons (Fsp3) is 0.0476. The predicted molar refractivity (Wildman–Crippen MR) is 111 cm³/mol. The lowest BCUT2D eigenvalue weighted by Crippen LogP contribution is -2.23. The molecule has 5 aromatic rings. The maximum absolute atomic E-state index is 13.0. The van der Waals surface area contributed by atoms with Crippen LogP contribution in [0.25, 0.3) is 32.9 Å². The van der Waals surface area contributed by atoms with Crippen molar-refractivity contribution in [3.05, 3.63) is 72.4 Å². The van der Waals surface area contributed by atoms with Gasteiger partial charge in [0.1, 0.15) is 5.82 Å². The van der Waals surface area contributed by atoms with E-state index in [4.69, 9.17) is 5.73 Å². The molecule has 0 unspecified atom stereocenters. The molecule has 0 atom stereocenters. The van der Waals surface area contributed by atoms with E-state index < -0.39 is 0 Å². The normalized spacial score (nSPS) is 11.2. The number of H-pyrrole nitrogens is 2. The predicted octanol–water partition coefficient (Wildman–Crippen LogP) is 3.01. The minimum atomic E-state index is -0.182. The zero-order valence-electron chi connectivity index (χ0n) is 15.3. The highest BCUT2D eigenvalue weighted by molar-refractivity contribution is 6.08. The first-order chi connectivity index (χ1) is 14.2. The van der Waals surface area contributed by atoms with Gasteiger partial charge in [0.25, 0.3) is 5.91 Å². The minimum Gasteiger partial charge on any atom is -0.384 e. The van der Waals surface area contributed by atoms with Crippen molar-refractivity contribution in [2.24, 2.45) is 0 Å². The summed E-state index contributed by atoms with van der Waals surface area (Å²) in [5, 5.41) is 11.8. The number of fused-ring (bicyclic) bond motifs is 2. The van der Waals surface area contributed by atoms with Crippen molar-refractivity contribution in [3.63, 3.8) is 0 Å². The highest BCUT2D eigenvalue weighted by Gasteiger charge is 2.16. The average molecular weight is 383 g/mol. The molecule has 8 heteroatoms. The third-order valence-corrected chi connectivity index (χ3v) is 4.89. The summed E-state index contributed by atoms with van der Waals surface area (Å²) in [5.41, 5.74) is 10.8. The van der Waals surface area contributed by atoms with E-state index in [1.54, 1.807) is 24.8 Å². The lowest BCUT2D eigenvalue weighted by molar-refractivity contribution is 0.0952. The Bertz CT molecular complexity index is 1340. The maximum atomic E-state index is 13.0. The topological polar surface area (TPSA) is 125 Å². The second-order valence-electron chi connectivity index (χ2n) is 6.75. The van der Waals surface area contributed by atoms with Gasteiger partial charge in [-0.2, -0.15) is 5.10 Å². The Morgan fingerprint density at radius 3 is 2.86 bits per heavy atom. The molecule has 1 aromatic carbocycles. The first kappa shape index (κ1) is 16.9. The Morgan fingerprint density at radius 2 is 2.00 bits per heavy atom. The summed E-state index contributed by atoms with van der Waals surface area (Å²) in [5.74, 6) is 0.261. The molecule has 0 fully saturated rings. The molecule has 5 rings (SSSR count). The number of nitrogens with two attached hydrogens (primary N) is 1. The summed E-state index contributed by atoms with van der Waals surface area (Å²) < 4.78 is 0. The number of anilines is 1. The molecule has 1 amide bonds. The zero-order chi connectivity index (χ0) is 19.8. The lowest BCUT2D eigenvalue weighted by Gasteiger charge is -2.09. The highest BCUT2D eigenvalue weighted by atomic mass is 16.1. The van der Waals surface area contributed by atoms with Gasteiger partial charge in [-0.1, -0.05) is 0 Å². The molecule has 5 N–H and O–H groups in total. The van der Waals surface area contributed by atoms with Crippen LogP contribution in [0.1, 0.15) is 15.9 Å². The second-order valence-corrected chi connectivity index (χ2v) is 6.75. The van der Waals surface area contributed by atoms with Gasteiger partial charge in [-0.15, -0.1) is 0 Å². The van der Waals surface area contributed by atoms with Crippen molar-refractivity contribution in [1.29, 1.82) is 0 Å². The van der Waals surface area contributed by atoms with Crippen LogP contribution >= 0.6 is 0 Å². The van der Waals surface area contributed by atoms with Crippen molar-refractivity contribution < 1.29 is 4.79 Å². The van der Waals surface area contributed by atoms with Gasteiger partial charge in [0.05, 0.1) is 29.0 Å². The van der Waals surface area contributed by atoms with Crippen LogP contribution < -0.4 is 11.1 Å². The van der Waals surface area contributed by atoms with Gasteiger partial charge in [-0.25, -0.2) is 4.98 Å². The molecule has 0 spiro atoms. The van der Waals surface area contributed by atoms with Gasteiger partial charge in [0, 0.05) is 41.5 Å². The quantitative estimate of drug-likeness (QED) is 0.380. The molecule has 29 heavy (non-hydrogen) atoms. The van der Waals surface area contributed by atoms with Crippen LogP contribution in [0.2, 0.25) is 0 Å². The third-order valence-electron chi connectivity index (χ3n) is 4.89. The van der Waals surface area contributed by atoms with Crippen LogP contribution in [0.4, 0.5) is 5.82 Å². The number of carbonyl (C=O) groups excluding carboxylic acids is 1. The molecule has 0 saturated carbocycles. The summed E-state index contributed by atoms with van der Waals surface area (Å²) in [6.07, 6.45) is 8.71. The number of benzene rings is 1. The number of carbonyl (C=O) groups is 1. The van der Waals surface area contributed by atoms with Gasteiger partial charge in [-0.05, 0) is 41.5 Å². The standard InChI is InChI=1S/C21H17N7O/c22-19-7-15-17(10-24-18(15)11-25-19)13-5-14-9-27-28-20(14)16(6-13)21(29)26-8-12-1-3-23-4-2-12/h1-7,9-11,24H,8H2,(H2,22,25)(H,26,29)(H,27,28). The number of nitrogen functional groups attached to an aromatic ring is 1. The fourth-order valence-corrected chi connectivity index (χ4v) is 3.45. The molecular weight excluding hydrogens is 366 g/mol. The van der Waals surface area contributed by atoms with Crippen molar-refractivity contribution >= 4 is 33.5 Å². The molecule has 0 bridgehead atoms. The van der Waals surface area contributed by atoms with Gasteiger partial charge in [0.15, 0.2) is 0 Å². The summed E-state index contributed by atoms with van der Waals surface area (Å²) in [6.45, 7) is 0.413. The maximum Gasteiger partial charge on any atom is 0.253 e. The number of aromatic nitrogens is 5. The van der Waals surface area contributed by atoms with Gasteiger partial charge in [-0.3, -0.25) is 14.9 Å². The van der Waals surface area contributed by atoms with Crippen molar-refractivity contribution in [3.8, 4) is 11.1 Å². The number of pyridine rings is 2. The van der Waals surface area contributed by atoms with E-state index >= 15 is 0 Å². The number of hydrogen-bond acceptors (Lipinski definition) is 5. The van der Waals surface area contributed by atoms with E-state index in [0.717, 1.165) is 33.0 Å². The van der Waals surface area contributed by atoms with Crippen molar-refractivity contribution in [2.45, 2.75) is 6.54 Å². The lowest BCUT2D eigenvalue weighted by atomic mass is 10.00. The molecule has 4 aromatic heterocycles. The van der Waals surface area contributed by atoms with E-state index in [-0.39, 0.29) is 5.91 Å². The van der Waals surface area contributed by atoms with E-state index in [9.17, 15) is 4.79 Å². The molecule has 0 aliphatic heterocycles. The number of nitrogens with one attached hydrogen (secondary N) is 3. The smallest absolute Gasteiger partial charge is 0.253 e. The van der Waals surface area contributed by atoms with E-state index in [1.807, 2.05) is 36.5 Å². The Labute approximate surface area is 165 Å². The number of hydrogen-bond donors (Lipinski definition) is 4. The first-order valence-corrected chi connectivity index (χ1v) is 9.06. The second kappa shape index (κ2) is 6.75. The fourth-order valence-electron chi connectivity index (χ4n) is 3.45. The van der Waals surface area contributed by atoms with Gasteiger partial charge < -0.3 is 16.0 Å². The Morgan fingerprint density at radius 1 is 1.14 bits per heavy atom. The number of nitrogens with zero attached hydrogens (tertiary/aromatic N) is 3. The molecular formula is C21H17N7O. The van der Waals surface area contributed by atoms with Crippen molar-refractivity contribution in [1.82, 2.24) is 30.5 Å². The van der Waals surface area contributed by atoms with E-state index in [2.05, 4.69) is 30.5 Å². The molecule has 0 aliphatic carbocycles. The van der Waals surface area contributed by atoms with Crippen LogP contribution in [0.3, 0.4) is 0 Å². The molecule has 0 saturated heterocycles. The molecule has 8 nitrogen and oxygen atoms in total. The Balaban J connectivity index is 1.56. The van der Waals surface area contributed by atoms with Crippen LogP contribution in [0.5, 0.6) is 0 Å². The van der Waals surface area contributed by atoms with Gasteiger partial charge in [0.2, 0.25) is 0 Å². The molecule has 0 aliphatic rings. The van der Waals surface area contributed by atoms with Crippen LogP contribution in [-0.4, -0.2) is 31.1 Å². The third kappa shape index (κ3) is 3.06. The number of rotatable bonds is 4. The minimum absolute atomic E-state index is 0.182. The zero-order valence-corrected chi connectivity index (χ0v) is 15.3. The van der Waals surface area contributed by atoms with Crippen LogP contribution in [-0.2, 0) is 6.54 Å². The molecule has 0 radical (unpaired) electrons. The SMILES string of the molecule is Nc1cc2c(-c3cc(C(=O)NCc4ccncc4)c4[nH]ncc4c3)c[nH]c2cn1. The summed E-state index contributed by atoms with van der Waals surface area (Å²) >= 11 is 0. The van der Waals surface area contributed by atoms with Gasteiger partial charge >= 0.3 is 0 Å². The molecule has 142 valence electrons. The summed E-state index contributed by atoms with van der Waals surface area (Å²) in [6, 6.07) is 9.42. The van der Waals surface area contributed by atoms with Crippen LogP contribution in [0, 0.1) is 0 Å². The monoisotopic (exact) mass is 383 g/mol. The van der Waals surface area contributed by atoms with Crippen molar-refractivity contribution in [2.75, 3.05) is 5.73 Å². The Hall–Kier alpha value is -4.20. The Kier molecular flexibility index (Phi) is 3.94. The number of aromatic amines is 2. The van der Waals surface area contributed by atoms with E-state index in [0.29, 0.717) is 23.4 Å². The number of amides is 1. The summed E-state index contributed by atoms with van der Waals surface area (Å²) in [7, 11) is 0. The van der Waals surface area contributed by atoms with Crippen LogP contribution in [0.15, 0.2) is 61.3 Å². The largest absolute Gasteiger partial charge is 0.384 e. The average Bonchev–Trinajstić information content (AvgIpc) is 3.38.